The van der Waals surface area contributed by atoms with E-state index in [1.807, 2.05) is 74.6 Å². The maximum atomic E-state index is 13.9. The molecule has 3 heterocycles. The van der Waals surface area contributed by atoms with E-state index in [0.29, 0.717) is 17.1 Å². The summed E-state index contributed by atoms with van der Waals surface area (Å²) < 4.78 is 48.0. The maximum Gasteiger partial charge on any atom is 2.00 e. The molecule has 51 heavy (non-hydrogen) atoms. The Morgan fingerprint density at radius 1 is 0.745 bits per heavy atom. The molecule has 0 saturated heterocycles. The monoisotopic (exact) mass is 881 g/mol. The van der Waals surface area contributed by atoms with Gasteiger partial charge in [0.2, 0.25) is 0 Å². The summed E-state index contributed by atoms with van der Waals surface area (Å²) in [5.41, 5.74) is 7.20. The molecule has 0 atom stereocenters. The molecule has 2 aromatic heterocycles. The molecule has 1 aliphatic heterocycles. The van der Waals surface area contributed by atoms with E-state index in [2.05, 4.69) is 56.1 Å². The van der Waals surface area contributed by atoms with Crippen molar-refractivity contribution in [3.05, 3.63) is 120 Å². The molecule has 0 unspecified atom stereocenters. The van der Waals surface area contributed by atoms with Gasteiger partial charge >= 0.3 is 27.2 Å². The van der Waals surface area contributed by atoms with Crippen LogP contribution in [0, 0.1) is 31.4 Å². The second kappa shape index (κ2) is 13.6. The van der Waals surface area contributed by atoms with Crippen molar-refractivity contribution in [2.45, 2.75) is 76.3 Å². The molecule has 7 rings (SSSR count). The first-order chi connectivity index (χ1) is 23.6. The van der Waals surface area contributed by atoms with Gasteiger partial charge in [-0.2, -0.15) is 13.2 Å². The Kier molecular flexibility index (Phi) is 9.80. The molecule has 1 aliphatic rings. The molecule has 0 fully saturated rings. The predicted octanol–water partition coefficient (Wildman–Crippen LogP) is 12.5. The van der Waals surface area contributed by atoms with Crippen LogP contribution in [0.1, 0.15) is 56.9 Å². The number of halogens is 3. The van der Waals surface area contributed by atoms with Gasteiger partial charge in [-0.25, -0.2) is 0 Å². The number of fused-ring (bicyclic) bond motifs is 2. The fraction of sp³-hybridized carbons (Fsp3) is 0.256. The number of aromatic nitrogens is 2. The summed E-state index contributed by atoms with van der Waals surface area (Å²) in [5.74, 6) is 1.09. The zero-order valence-corrected chi connectivity index (χ0v) is 32.5. The van der Waals surface area contributed by atoms with Crippen molar-refractivity contribution in [2.75, 3.05) is 0 Å². The van der Waals surface area contributed by atoms with Gasteiger partial charge < -0.3 is 14.7 Å². The minimum absolute atomic E-state index is 0. The molecule has 0 amide bonds. The van der Waals surface area contributed by atoms with Gasteiger partial charge in [0.15, 0.2) is 0 Å². The van der Waals surface area contributed by atoms with Crippen LogP contribution in [0.2, 0.25) is 0 Å². The molecule has 0 aliphatic carbocycles. The van der Waals surface area contributed by atoms with Crippen LogP contribution in [0.4, 0.5) is 13.2 Å². The molecule has 6 aromatic rings. The van der Waals surface area contributed by atoms with Crippen molar-refractivity contribution < 1.29 is 39.0 Å². The largest absolute Gasteiger partial charge is 2.00 e. The van der Waals surface area contributed by atoms with Crippen LogP contribution < -0.4 is 4.74 Å². The summed E-state index contributed by atoms with van der Waals surface area (Å²) in [7, 11) is 0. The third-order valence-electron chi connectivity index (χ3n) is 9.17. The molecule has 8 heteroatoms. The third kappa shape index (κ3) is 7.38. The van der Waals surface area contributed by atoms with Gasteiger partial charge in [-0.15, -0.1) is 34.4 Å². The topological polar surface area (TPSA) is 35.0 Å². The van der Waals surface area contributed by atoms with Gasteiger partial charge in [-0.1, -0.05) is 115 Å². The van der Waals surface area contributed by atoms with Gasteiger partial charge in [0.05, 0.1) is 5.41 Å². The van der Waals surface area contributed by atoms with E-state index in [1.54, 1.807) is 18.0 Å². The summed E-state index contributed by atoms with van der Waals surface area (Å²) >= 11 is 1.55. The summed E-state index contributed by atoms with van der Waals surface area (Å²) in [6.07, 6.45) is -0.791. The maximum absolute atomic E-state index is 13.9. The van der Waals surface area contributed by atoms with Gasteiger partial charge in [-0.05, 0) is 63.4 Å². The van der Waals surface area contributed by atoms with Crippen molar-refractivity contribution >= 4 is 22.5 Å². The number of alkyl halides is 3. The summed E-state index contributed by atoms with van der Waals surface area (Å²) in [4.78, 5) is 11.3. The van der Waals surface area contributed by atoms with Gasteiger partial charge in [0.25, 0.3) is 0 Å². The number of nitrogens with zero attached hydrogens (tertiary/aromatic N) is 2. The molecule has 0 spiro atoms. The SMILES string of the molecule is Cc1cc(Oc2[c-]c(-c3nccc4c3Sc3cc(CC(C)(C)C(F)(F)F)cc5cccc-4c35)cc(C)c2)[c-]c(-c2cc(C(C)(C)C)ccn2)c1.[Pt+2]. The number of hydrogen-bond donors (Lipinski definition) is 0. The first kappa shape index (κ1) is 36.8. The summed E-state index contributed by atoms with van der Waals surface area (Å²) in [6.45, 7) is 13.1. The average molecular weight is 882 g/mol. The number of hydrogen-bond acceptors (Lipinski definition) is 4. The van der Waals surface area contributed by atoms with E-state index < -0.39 is 11.6 Å². The Morgan fingerprint density at radius 3 is 2.10 bits per heavy atom. The van der Waals surface area contributed by atoms with Crippen LogP contribution in [0.5, 0.6) is 11.5 Å². The molecule has 3 nitrogen and oxygen atoms in total. The standard InChI is InChI=1S/C43H37F3N2OS.Pt/c1-25-15-29(36-23-31(11-13-47-36)41(3,4)5)21-32(17-25)49-33-18-26(2)16-30(22-33)39-40-35(12-14-48-39)34-10-8-9-28-19-27(20-37(50-40)38(28)34)24-42(6,7)43(44,45)46;/h8-20,23H,24H2,1-7H3;/q-2;+2. The first-order valence-electron chi connectivity index (χ1n) is 16.6. The molecule has 4 aromatic carbocycles. The number of pyridine rings is 2. The normalized spacial score (nSPS) is 12.7. The van der Waals surface area contributed by atoms with Crippen LogP contribution in [-0.2, 0) is 32.9 Å². The number of aryl methyl sites for hydroxylation is 2. The van der Waals surface area contributed by atoms with Crippen LogP contribution in [0.15, 0.2) is 95.0 Å². The van der Waals surface area contributed by atoms with E-state index in [1.165, 1.54) is 19.4 Å². The van der Waals surface area contributed by atoms with E-state index in [4.69, 9.17) is 9.72 Å². The molecule has 0 saturated carbocycles. The molecular weight excluding hydrogens is 845 g/mol. The van der Waals surface area contributed by atoms with Gasteiger partial charge in [-0.3, -0.25) is 0 Å². The average Bonchev–Trinajstić information content (AvgIpc) is 3.03. The predicted molar refractivity (Wildman–Crippen MR) is 196 cm³/mol. The van der Waals surface area contributed by atoms with Crippen molar-refractivity contribution in [3.8, 4) is 45.1 Å². The van der Waals surface area contributed by atoms with Crippen LogP contribution in [0.25, 0.3) is 44.4 Å². The van der Waals surface area contributed by atoms with Crippen molar-refractivity contribution in [3.63, 3.8) is 0 Å². The smallest absolute Gasteiger partial charge is 0.497 e. The Morgan fingerprint density at radius 2 is 1.41 bits per heavy atom. The van der Waals surface area contributed by atoms with Crippen molar-refractivity contribution in [1.29, 1.82) is 0 Å². The van der Waals surface area contributed by atoms with E-state index in [-0.39, 0.29) is 32.9 Å². The Balaban J connectivity index is 0.00000448. The quantitative estimate of drug-likeness (QED) is 0.156. The van der Waals surface area contributed by atoms with E-state index >= 15 is 0 Å². The zero-order chi connectivity index (χ0) is 35.6. The third-order valence-corrected chi connectivity index (χ3v) is 10.3. The number of rotatable bonds is 6. The molecule has 0 bridgehead atoms. The van der Waals surface area contributed by atoms with E-state index in [0.717, 1.165) is 65.3 Å². The Bertz CT molecular complexity index is 2290. The van der Waals surface area contributed by atoms with Crippen LogP contribution in [0.3, 0.4) is 0 Å². The molecule has 262 valence electrons. The molecule has 0 N–H and O–H groups in total. The second-order valence-corrected chi connectivity index (χ2v) is 15.9. The fourth-order valence-corrected chi connectivity index (χ4v) is 7.74. The van der Waals surface area contributed by atoms with Crippen LogP contribution in [-0.4, -0.2) is 16.1 Å². The minimum atomic E-state index is -4.31. The second-order valence-electron chi connectivity index (χ2n) is 14.8. The minimum Gasteiger partial charge on any atom is -0.497 e. The summed E-state index contributed by atoms with van der Waals surface area (Å²) in [6, 6.07) is 30.8. The Labute approximate surface area is 316 Å². The van der Waals surface area contributed by atoms with E-state index in [9.17, 15) is 13.2 Å². The fourth-order valence-electron chi connectivity index (χ4n) is 6.43. The summed E-state index contributed by atoms with van der Waals surface area (Å²) in [5, 5.41) is 1.97. The molecular formula is C43H37F3N2OPtS. The van der Waals surface area contributed by atoms with Crippen LogP contribution >= 0.6 is 11.8 Å². The number of benzene rings is 4. The Hall–Kier alpha value is -3.93. The van der Waals surface area contributed by atoms with Gasteiger partial charge in [0, 0.05) is 44.8 Å². The van der Waals surface area contributed by atoms with Crippen molar-refractivity contribution in [2.24, 2.45) is 5.41 Å². The first-order valence-corrected chi connectivity index (χ1v) is 17.4. The number of ether oxygens (including phenoxy) is 1. The zero-order valence-electron chi connectivity index (χ0n) is 29.5. The van der Waals surface area contributed by atoms with Gasteiger partial charge in [0.1, 0.15) is 0 Å². The van der Waals surface area contributed by atoms with Crippen molar-refractivity contribution in [1.82, 2.24) is 9.97 Å². The molecule has 0 radical (unpaired) electrons.